The molecule has 0 saturated heterocycles. The van der Waals surface area contributed by atoms with Gasteiger partial charge in [-0.3, -0.25) is 0 Å². The van der Waals surface area contributed by atoms with Gasteiger partial charge in [0.15, 0.2) is 0 Å². The number of benzene rings is 1. The minimum Gasteiger partial charge on any atom is -0.378 e. The SMILES string of the molecule is CNC(CC1(OC)CCC1)c1ccc(F)c(C(F)(F)F)c1. The summed E-state index contributed by atoms with van der Waals surface area (Å²) < 4.78 is 57.2. The Morgan fingerprint density at radius 1 is 1.33 bits per heavy atom. The van der Waals surface area contributed by atoms with Crippen LogP contribution in [0.2, 0.25) is 0 Å². The van der Waals surface area contributed by atoms with Crippen LogP contribution < -0.4 is 5.32 Å². The molecule has 1 aromatic carbocycles. The Morgan fingerprint density at radius 3 is 2.43 bits per heavy atom. The van der Waals surface area contributed by atoms with Crippen LogP contribution in [0.5, 0.6) is 0 Å². The first-order valence-corrected chi connectivity index (χ1v) is 6.90. The summed E-state index contributed by atoms with van der Waals surface area (Å²) in [5, 5.41) is 3.00. The number of alkyl halides is 3. The molecule has 0 aromatic heterocycles. The summed E-state index contributed by atoms with van der Waals surface area (Å²) >= 11 is 0. The summed E-state index contributed by atoms with van der Waals surface area (Å²) in [4.78, 5) is 0. The van der Waals surface area contributed by atoms with Gasteiger partial charge in [-0.2, -0.15) is 13.2 Å². The minimum atomic E-state index is -4.69. The highest BCUT2D eigenvalue weighted by Crippen LogP contribution is 2.42. The number of hydrogen-bond donors (Lipinski definition) is 1. The first-order valence-electron chi connectivity index (χ1n) is 6.90. The highest BCUT2D eigenvalue weighted by molar-refractivity contribution is 5.30. The largest absolute Gasteiger partial charge is 0.419 e. The second-order valence-corrected chi connectivity index (χ2v) is 5.52. The van der Waals surface area contributed by atoms with E-state index >= 15 is 0 Å². The van der Waals surface area contributed by atoms with E-state index in [1.54, 1.807) is 14.2 Å². The van der Waals surface area contributed by atoms with Gasteiger partial charge in [-0.1, -0.05) is 6.07 Å². The standard InChI is InChI=1S/C15H19F4NO/c1-20-13(9-14(21-2)6-3-7-14)10-4-5-12(16)11(8-10)15(17,18)19/h4-5,8,13,20H,3,6-7,9H2,1-2H3. The second kappa shape index (κ2) is 5.93. The van der Waals surface area contributed by atoms with Crippen molar-refractivity contribution in [2.75, 3.05) is 14.2 Å². The van der Waals surface area contributed by atoms with Crippen LogP contribution in [0, 0.1) is 5.82 Å². The average Bonchev–Trinajstić information content (AvgIpc) is 2.38. The summed E-state index contributed by atoms with van der Waals surface area (Å²) in [6, 6.07) is 2.86. The van der Waals surface area contributed by atoms with E-state index in [0.717, 1.165) is 31.4 Å². The lowest BCUT2D eigenvalue weighted by atomic mass is 9.74. The second-order valence-electron chi connectivity index (χ2n) is 5.52. The normalized spacial score (nSPS) is 19.1. The van der Waals surface area contributed by atoms with Crippen molar-refractivity contribution in [2.24, 2.45) is 0 Å². The Morgan fingerprint density at radius 2 is 2.00 bits per heavy atom. The van der Waals surface area contributed by atoms with Gasteiger partial charge in [-0.15, -0.1) is 0 Å². The highest BCUT2D eigenvalue weighted by Gasteiger charge is 2.40. The summed E-state index contributed by atoms with van der Waals surface area (Å²) in [5.41, 5.74) is -1.07. The third kappa shape index (κ3) is 3.37. The monoisotopic (exact) mass is 305 g/mol. The molecule has 1 aromatic rings. The molecule has 1 saturated carbocycles. The zero-order chi connectivity index (χ0) is 15.7. The lowest BCUT2D eigenvalue weighted by Gasteiger charge is -2.43. The number of rotatable bonds is 5. The molecule has 2 nitrogen and oxygen atoms in total. The van der Waals surface area contributed by atoms with Crippen LogP contribution in [-0.2, 0) is 10.9 Å². The molecule has 1 unspecified atom stereocenters. The molecule has 0 radical (unpaired) electrons. The molecular formula is C15H19F4NO. The van der Waals surface area contributed by atoms with Crippen LogP contribution in [0.1, 0.15) is 42.9 Å². The molecule has 0 spiro atoms. The number of halogens is 4. The molecular weight excluding hydrogens is 286 g/mol. The van der Waals surface area contributed by atoms with Crippen molar-refractivity contribution < 1.29 is 22.3 Å². The van der Waals surface area contributed by atoms with Crippen molar-refractivity contribution in [2.45, 2.75) is 43.5 Å². The molecule has 1 aliphatic carbocycles. The molecule has 118 valence electrons. The van der Waals surface area contributed by atoms with Crippen LogP contribution >= 0.6 is 0 Å². The van der Waals surface area contributed by atoms with E-state index in [-0.39, 0.29) is 11.6 Å². The summed E-state index contributed by atoms with van der Waals surface area (Å²) in [7, 11) is 3.31. The number of methoxy groups -OCH3 is 1. The Balaban J connectivity index is 2.26. The molecule has 0 amide bonds. The van der Waals surface area contributed by atoms with Gasteiger partial charge >= 0.3 is 6.18 Å². The van der Waals surface area contributed by atoms with Crippen LogP contribution in [0.25, 0.3) is 0 Å². The topological polar surface area (TPSA) is 21.3 Å². The Bertz CT molecular complexity index is 491. The fraction of sp³-hybridized carbons (Fsp3) is 0.600. The number of ether oxygens (including phenoxy) is 1. The summed E-state index contributed by atoms with van der Waals surface area (Å²) in [6.07, 6.45) is -1.26. The quantitative estimate of drug-likeness (QED) is 0.828. The van der Waals surface area contributed by atoms with E-state index in [2.05, 4.69) is 5.32 Å². The van der Waals surface area contributed by atoms with E-state index in [0.29, 0.717) is 12.0 Å². The van der Waals surface area contributed by atoms with Gasteiger partial charge in [0.05, 0.1) is 11.2 Å². The molecule has 1 aliphatic rings. The smallest absolute Gasteiger partial charge is 0.378 e. The Labute approximate surface area is 121 Å². The third-order valence-corrected chi connectivity index (χ3v) is 4.32. The lowest BCUT2D eigenvalue weighted by molar-refractivity contribution is -0.140. The van der Waals surface area contributed by atoms with E-state index in [1.165, 1.54) is 6.07 Å². The van der Waals surface area contributed by atoms with Gasteiger partial charge in [-0.05, 0) is 50.4 Å². The van der Waals surface area contributed by atoms with Crippen molar-refractivity contribution in [1.29, 1.82) is 0 Å². The third-order valence-electron chi connectivity index (χ3n) is 4.32. The average molecular weight is 305 g/mol. The molecule has 1 fully saturated rings. The lowest BCUT2D eigenvalue weighted by Crippen LogP contribution is -2.42. The minimum absolute atomic E-state index is 0.277. The first-order chi connectivity index (χ1) is 9.81. The van der Waals surface area contributed by atoms with E-state index in [1.807, 2.05) is 0 Å². The van der Waals surface area contributed by atoms with Crippen LogP contribution in [-0.4, -0.2) is 19.8 Å². The van der Waals surface area contributed by atoms with Crippen molar-refractivity contribution >= 4 is 0 Å². The summed E-state index contributed by atoms with van der Waals surface area (Å²) in [5.74, 6) is -1.24. The number of nitrogens with one attached hydrogen (secondary N) is 1. The van der Waals surface area contributed by atoms with E-state index in [9.17, 15) is 17.6 Å². The van der Waals surface area contributed by atoms with Crippen LogP contribution in [0.4, 0.5) is 17.6 Å². The molecule has 0 aliphatic heterocycles. The maximum atomic E-state index is 13.3. The van der Waals surface area contributed by atoms with Gasteiger partial charge in [0.2, 0.25) is 0 Å². The maximum Gasteiger partial charge on any atom is 0.419 e. The highest BCUT2D eigenvalue weighted by atomic mass is 19.4. The van der Waals surface area contributed by atoms with Gasteiger partial charge in [0.1, 0.15) is 5.82 Å². The molecule has 21 heavy (non-hydrogen) atoms. The van der Waals surface area contributed by atoms with Gasteiger partial charge in [0, 0.05) is 13.2 Å². The Kier molecular flexibility index (Phi) is 4.58. The van der Waals surface area contributed by atoms with Crippen molar-refractivity contribution in [3.63, 3.8) is 0 Å². The Hall–Kier alpha value is -1.14. The van der Waals surface area contributed by atoms with Crippen LogP contribution in [0.15, 0.2) is 18.2 Å². The molecule has 2 rings (SSSR count). The fourth-order valence-corrected chi connectivity index (χ4v) is 2.80. The van der Waals surface area contributed by atoms with E-state index < -0.39 is 17.6 Å². The molecule has 1 N–H and O–H groups in total. The van der Waals surface area contributed by atoms with Crippen molar-refractivity contribution in [3.05, 3.63) is 35.1 Å². The van der Waals surface area contributed by atoms with Crippen LogP contribution in [0.3, 0.4) is 0 Å². The van der Waals surface area contributed by atoms with Gasteiger partial charge in [0.25, 0.3) is 0 Å². The predicted molar refractivity (Wildman–Crippen MR) is 71.4 cm³/mol. The zero-order valence-electron chi connectivity index (χ0n) is 12.1. The molecule has 0 bridgehead atoms. The first kappa shape index (κ1) is 16.2. The van der Waals surface area contributed by atoms with Crippen molar-refractivity contribution in [1.82, 2.24) is 5.32 Å². The number of hydrogen-bond acceptors (Lipinski definition) is 2. The summed E-state index contributed by atoms with van der Waals surface area (Å²) in [6.45, 7) is 0. The maximum absolute atomic E-state index is 13.3. The zero-order valence-corrected chi connectivity index (χ0v) is 12.1. The fourth-order valence-electron chi connectivity index (χ4n) is 2.80. The van der Waals surface area contributed by atoms with Gasteiger partial charge in [-0.25, -0.2) is 4.39 Å². The molecule has 1 atom stereocenters. The molecule has 0 heterocycles. The predicted octanol–water partition coefficient (Wildman–Crippen LogP) is 4.06. The van der Waals surface area contributed by atoms with E-state index in [4.69, 9.17) is 4.74 Å². The molecule has 6 heteroatoms. The van der Waals surface area contributed by atoms with Crippen molar-refractivity contribution in [3.8, 4) is 0 Å². The van der Waals surface area contributed by atoms with Gasteiger partial charge < -0.3 is 10.1 Å².